The lowest BCUT2D eigenvalue weighted by molar-refractivity contribution is 0.0716. The highest BCUT2D eigenvalue weighted by Gasteiger charge is 2.35. The molecule has 2 heterocycles. The van der Waals surface area contributed by atoms with Gasteiger partial charge in [0.25, 0.3) is 5.91 Å². The molecule has 0 spiro atoms. The summed E-state index contributed by atoms with van der Waals surface area (Å²) in [7, 11) is -3.80. The van der Waals surface area contributed by atoms with E-state index in [0.29, 0.717) is 31.1 Å². The smallest absolute Gasteiger partial charge is 0.254 e. The molecule has 9 heteroatoms. The lowest BCUT2D eigenvalue weighted by atomic mass is 10.2. The minimum absolute atomic E-state index is 0.0457. The molecule has 2 aliphatic rings. The van der Waals surface area contributed by atoms with Crippen molar-refractivity contribution in [1.82, 2.24) is 9.21 Å². The molecule has 1 amide bonds. The van der Waals surface area contributed by atoms with Crippen LogP contribution in [0.3, 0.4) is 0 Å². The van der Waals surface area contributed by atoms with E-state index in [9.17, 15) is 13.2 Å². The van der Waals surface area contributed by atoms with Gasteiger partial charge in [-0.05, 0) is 43.2 Å². The summed E-state index contributed by atoms with van der Waals surface area (Å²) in [6.07, 6.45) is 3.43. The van der Waals surface area contributed by atoms with Gasteiger partial charge in [0, 0.05) is 24.7 Å². The Labute approximate surface area is 168 Å². The molecule has 0 radical (unpaired) electrons. The van der Waals surface area contributed by atoms with E-state index in [1.165, 1.54) is 16.4 Å². The number of carbonyl (C=O) groups is 1. The van der Waals surface area contributed by atoms with Crippen LogP contribution in [-0.4, -0.2) is 55.9 Å². The van der Waals surface area contributed by atoms with E-state index in [2.05, 4.69) is 0 Å². The van der Waals surface area contributed by atoms with Crippen molar-refractivity contribution >= 4 is 27.5 Å². The van der Waals surface area contributed by atoms with E-state index in [1.807, 2.05) is 6.07 Å². The Bertz CT molecular complexity index is 951. The largest absolute Gasteiger partial charge is 0.467 e. The third kappa shape index (κ3) is 3.96. The number of nitrogens with zero attached hydrogens (tertiary/aromatic N) is 2. The number of amides is 1. The molecule has 1 aromatic heterocycles. The topological polar surface area (TPSA) is 80.1 Å². The van der Waals surface area contributed by atoms with E-state index in [-0.39, 0.29) is 35.0 Å². The average Bonchev–Trinajstić information content (AvgIpc) is 3.42. The van der Waals surface area contributed by atoms with Crippen LogP contribution in [0.4, 0.5) is 0 Å². The normalized spacial score (nSPS) is 18.2. The maximum atomic E-state index is 13.1. The van der Waals surface area contributed by atoms with Crippen molar-refractivity contribution in [3.8, 4) is 0 Å². The molecular weight excluding hydrogens is 404 g/mol. The second kappa shape index (κ2) is 7.87. The fraction of sp³-hybridized carbons (Fsp3) is 0.421. The molecule has 1 aliphatic carbocycles. The molecule has 0 atom stereocenters. The van der Waals surface area contributed by atoms with Crippen LogP contribution in [-0.2, 0) is 21.3 Å². The number of halogens is 1. The standard InChI is InChI=1S/C19H21ClN2O5S/c20-17-6-3-14(12-18(17)28(24,25)21-7-10-26-11-8-21)19(23)22(15-4-5-15)13-16-2-1-9-27-16/h1-3,6,9,12,15H,4-5,7-8,10-11,13H2. The third-order valence-corrected chi connectivity index (χ3v) is 7.30. The summed E-state index contributed by atoms with van der Waals surface area (Å²) >= 11 is 6.20. The van der Waals surface area contributed by atoms with Gasteiger partial charge in [-0.15, -0.1) is 0 Å². The fourth-order valence-electron chi connectivity index (χ4n) is 3.25. The Kier molecular flexibility index (Phi) is 5.46. The molecule has 2 aromatic rings. The fourth-order valence-corrected chi connectivity index (χ4v) is 5.16. The summed E-state index contributed by atoms with van der Waals surface area (Å²) in [5.74, 6) is 0.462. The first-order chi connectivity index (χ1) is 13.5. The molecule has 0 bridgehead atoms. The number of carbonyl (C=O) groups excluding carboxylic acids is 1. The monoisotopic (exact) mass is 424 g/mol. The number of sulfonamides is 1. The van der Waals surface area contributed by atoms with Crippen molar-refractivity contribution < 1.29 is 22.4 Å². The van der Waals surface area contributed by atoms with Gasteiger partial charge in [0.15, 0.2) is 0 Å². The maximum Gasteiger partial charge on any atom is 0.254 e. The van der Waals surface area contributed by atoms with E-state index in [1.54, 1.807) is 23.3 Å². The first kappa shape index (κ1) is 19.4. The molecule has 1 aromatic carbocycles. The minimum Gasteiger partial charge on any atom is -0.467 e. The van der Waals surface area contributed by atoms with Gasteiger partial charge in [0.05, 0.1) is 31.0 Å². The molecule has 1 saturated heterocycles. The Morgan fingerprint density at radius 3 is 2.61 bits per heavy atom. The number of furan rings is 1. The van der Waals surface area contributed by atoms with Crippen molar-refractivity contribution in [2.24, 2.45) is 0 Å². The Morgan fingerprint density at radius 2 is 1.96 bits per heavy atom. The number of hydrogen-bond donors (Lipinski definition) is 0. The lowest BCUT2D eigenvalue weighted by Crippen LogP contribution is -2.40. The molecule has 150 valence electrons. The van der Waals surface area contributed by atoms with E-state index < -0.39 is 10.0 Å². The van der Waals surface area contributed by atoms with Crippen LogP contribution in [0.1, 0.15) is 29.0 Å². The zero-order chi connectivity index (χ0) is 19.7. The molecular formula is C19H21ClN2O5S. The van der Waals surface area contributed by atoms with E-state index in [0.717, 1.165) is 12.8 Å². The molecule has 2 fully saturated rings. The van der Waals surface area contributed by atoms with Crippen LogP contribution in [0.15, 0.2) is 45.9 Å². The highest BCUT2D eigenvalue weighted by Crippen LogP contribution is 2.32. The van der Waals surface area contributed by atoms with Gasteiger partial charge in [-0.25, -0.2) is 8.42 Å². The van der Waals surface area contributed by atoms with Gasteiger partial charge in [0.2, 0.25) is 10.0 Å². The highest BCUT2D eigenvalue weighted by molar-refractivity contribution is 7.89. The van der Waals surface area contributed by atoms with E-state index >= 15 is 0 Å². The molecule has 0 unspecified atom stereocenters. The van der Waals surface area contributed by atoms with Crippen molar-refractivity contribution in [2.75, 3.05) is 26.3 Å². The van der Waals surface area contributed by atoms with Crippen LogP contribution < -0.4 is 0 Å². The van der Waals surface area contributed by atoms with Gasteiger partial charge < -0.3 is 14.1 Å². The van der Waals surface area contributed by atoms with Gasteiger partial charge in [-0.1, -0.05) is 11.6 Å². The number of hydrogen-bond acceptors (Lipinski definition) is 5. The van der Waals surface area contributed by atoms with Crippen LogP contribution in [0.5, 0.6) is 0 Å². The van der Waals surface area contributed by atoms with E-state index in [4.69, 9.17) is 20.8 Å². The summed E-state index contributed by atoms with van der Waals surface area (Å²) in [5, 5.41) is 0.104. The zero-order valence-corrected chi connectivity index (χ0v) is 16.8. The summed E-state index contributed by atoms with van der Waals surface area (Å²) in [5.41, 5.74) is 0.301. The summed E-state index contributed by atoms with van der Waals surface area (Å²) in [4.78, 5) is 14.8. The van der Waals surface area contributed by atoms with Crippen LogP contribution in [0, 0.1) is 0 Å². The predicted molar refractivity (Wildman–Crippen MR) is 103 cm³/mol. The van der Waals surface area contributed by atoms with Crippen LogP contribution >= 0.6 is 11.6 Å². The maximum absolute atomic E-state index is 13.1. The minimum atomic E-state index is -3.80. The number of morpholine rings is 1. The summed E-state index contributed by atoms with van der Waals surface area (Å²) in [6.45, 7) is 1.57. The number of ether oxygens (including phenoxy) is 1. The van der Waals surface area contributed by atoms with Gasteiger partial charge in [-0.3, -0.25) is 4.79 Å². The second-order valence-corrected chi connectivity index (χ2v) is 9.22. The zero-order valence-electron chi connectivity index (χ0n) is 15.2. The molecule has 0 N–H and O–H groups in total. The Balaban J connectivity index is 1.63. The lowest BCUT2D eigenvalue weighted by Gasteiger charge is -2.27. The van der Waals surface area contributed by atoms with Crippen LogP contribution in [0.2, 0.25) is 5.02 Å². The van der Waals surface area contributed by atoms with Crippen molar-refractivity contribution in [3.05, 3.63) is 52.9 Å². The summed E-state index contributed by atoms with van der Waals surface area (Å²) in [6, 6.07) is 8.17. The SMILES string of the molecule is O=C(c1ccc(Cl)c(S(=O)(=O)N2CCOCC2)c1)N(Cc1ccco1)C1CC1. The number of benzene rings is 1. The van der Waals surface area contributed by atoms with Crippen LogP contribution in [0.25, 0.3) is 0 Å². The first-order valence-corrected chi connectivity index (χ1v) is 11.0. The predicted octanol–water partition coefficient (Wildman–Crippen LogP) is 2.76. The van der Waals surface area contributed by atoms with Crippen molar-refractivity contribution in [2.45, 2.75) is 30.3 Å². The summed E-state index contributed by atoms with van der Waals surface area (Å²) < 4.78 is 37.9. The first-order valence-electron chi connectivity index (χ1n) is 9.17. The van der Waals surface area contributed by atoms with Crippen molar-refractivity contribution in [3.63, 3.8) is 0 Å². The molecule has 4 rings (SSSR count). The van der Waals surface area contributed by atoms with Crippen molar-refractivity contribution in [1.29, 1.82) is 0 Å². The third-order valence-electron chi connectivity index (χ3n) is 4.92. The highest BCUT2D eigenvalue weighted by atomic mass is 35.5. The Hall–Kier alpha value is -1.87. The average molecular weight is 425 g/mol. The second-order valence-electron chi connectivity index (χ2n) is 6.91. The Morgan fingerprint density at radius 1 is 1.21 bits per heavy atom. The molecule has 1 aliphatic heterocycles. The van der Waals surface area contributed by atoms with Gasteiger partial charge in [-0.2, -0.15) is 4.31 Å². The van der Waals surface area contributed by atoms with Gasteiger partial charge >= 0.3 is 0 Å². The van der Waals surface area contributed by atoms with Gasteiger partial charge in [0.1, 0.15) is 10.7 Å². The number of rotatable bonds is 6. The molecule has 1 saturated carbocycles. The quantitative estimate of drug-likeness (QED) is 0.712. The molecule has 28 heavy (non-hydrogen) atoms. The molecule has 7 nitrogen and oxygen atoms in total.